The van der Waals surface area contributed by atoms with E-state index in [0.717, 1.165) is 12.1 Å². The van der Waals surface area contributed by atoms with E-state index in [1.54, 1.807) is 0 Å². The normalized spacial score (nSPS) is 11.5. The molecular formula is C12H10F2N2O6S. The average molecular weight is 348 g/mol. The van der Waals surface area contributed by atoms with E-state index in [1.807, 2.05) is 4.72 Å². The number of ether oxygens (including phenoxy) is 1. The predicted octanol–water partition coefficient (Wildman–Crippen LogP) is 2.08. The highest BCUT2D eigenvalue weighted by molar-refractivity contribution is 7.92. The molecule has 0 unspecified atom stereocenters. The molecule has 2 rings (SSSR count). The lowest BCUT2D eigenvalue weighted by Gasteiger charge is -2.09. The van der Waals surface area contributed by atoms with Crippen LogP contribution >= 0.6 is 0 Å². The Labute approximate surface area is 128 Å². The van der Waals surface area contributed by atoms with Crippen LogP contribution in [0.3, 0.4) is 0 Å². The van der Waals surface area contributed by atoms with Crippen LogP contribution in [0.5, 0.6) is 5.88 Å². The van der Waals surface area contributed by atoms with Crippen molar-refractivity contribution in [2.75, 3.05) is 4.72 Å². The quantitative estimate of drug-likeness (QED) is 0.820. The maximum atomic E-state index is 12.3. The summed E-state index contributed by atoms with van der Waals surface area (Å²) in [6.07, 6.45) is 0. The lowest BCUT2D eigenvalue weighted by atomic mass is 10.2. The molecule has 0 saturated carbocycles. The first-order chi connectivity index (χ1) is 10.7. The SMILES string of the molecule is Cc1onc(OC(F)F)c1NS(=O)(=O)c1cccc(C(=O)O)c1. The van der Waals surface area contributed by atoms with E-state index < -0.39 is 34.2 Å². The Hall–Kier alpha value is -2.69. The van der Waals surface area contributed by atoms with Crippen molar-refractivity contribution < 1.29 is 36.4 Å². The molecule has 2 aromatic rings. The lowest BCUT2D eigenvalue weighted by Crippen LogP contribution is -2.15. The minimum atomic E-state index is -4.26. The number of anilines is 1. The fraction of sp³-hybridized carbons (Fsp3) is 0.167. The summed E-state index contributed by atoms with van der Waals surface area (Å²) in [5, 5.41) is 12.1. The number of alkyl halides is 2. The maximum Gasteiger partial charge on any atom is 0.388 e. The summed E-state index contributed by atoms with van der Waals surface area (Å²) in [6.45, 7) is -1.94. The zero-order chi connectivity index (χ0) is 17.2. The summed E-state index contributed by atoms with van der Waals surface area (Å²) in [5.41, 5.74) is -0.648. The molecule has 2 N–H and O–H groups in total. The van der Waals surface area contributed by atoms with Gasteiger partial charge < -0.3 is 14.4 Å². The van der Waals surface area contributed by atoms with Gasteiger partial charge in [-0.2, -0.15) is 8.78 Å². The number of rotatable bonds is 6. The Balaban J connectivity index is 2.37. The number of hydrogen-bond donors (Lipinski definition) is 2. The zero-order valence-corrected chi connectivity index (χ0v) is 12.3. The van der Waals surface area contributed by atoms with Crippen LogP contribution in [0.25, 0.3) is 0 Å². The van der Waals surface area contributed by atoms with E-state index in [1.165, 1.54) is 19.1 Å². The number of nitrogens with one attached hydrogen (secondary N) is 1. The van der Waals surface area contributed by atoms with Gasteiger partial charge in [0.2, 0.25) is 0 Å². The number of halogens is 2. The van der Waals surface area contributed by atoms with Gasteiger partial charge >= 0.3 is 12.6 Å². The second-order valence-electron chi connectivity index (χ2n) is 4.24. The van der Waals surface area contributed by atoms with Crippen LogP contribution in [0.15, 0.2) is 33.7 Å². The smallest absolute Gasteiger partial charge is 0.388 e. The van der Waals surface area contributed by atoms with E-state index in [9.17, 15) is 22.0 Å². The van der Waals surface area contributed by atoms with Gasteiger partial charge in [-0.1, -0.05) is 6.07 Å². The Bertz CT molecular complexity index is 834. The first-order valence-electron chi connectivity index (χ1n) is 5.98. The molecule has 0 spiro atoms. The number of aryl methyl sites for hydroxylation is 1. The number of nitrogens with zero attached hydrogens (tertiary/aromatic N) is 1. The molecule has 0 radical (unpaired) electrons. The summed E-state index contributed by atoms with van der Waals surface area (Å²) in [4.78, 5) is 10.5. The van der Waals surface area contributed by atoms with Crippen LogP contribution in [0.4, 0.5) is 14.5 Å². The van der Waals surface area contributed by atoms with Gasteiger partial charge in [-0.3, -0.25) is 4.72 Å². The van der Waals surface area contributed by atoms with Gasteiger partial charge in [0.15, 0.2) is 11.4 Å². The van der Waals surface area contributed by atoms with Crippen LogP contribution in [0.1, 0.15) is 16.1 Å². The predicted molar refractivity (Wildman–Crippen MR) is 72.1 cm³/mol. The van der Waals surface area contributed by atoms with Crippen molar-refractivity contribution in [2.45, 2.75) is 18.4 Å². The van der Waals surface area contributed by atoms with Crippen LogP contribution in [-0.2, 0) is 10.0 Å². The average Bonchev–Trinajstić information content (AvgIpc) is 2.79. The van der Waals surface area contributed by atoms with Crippen molar-refractivity contribution in [2.24, 2.45) is 0 Å². The van der Waals surface area contributed by atoms with Crippen molar-refractivity contribution in [3.8, 4) is 5.88 Å². The summed E-state index contributed by atoms with van der Waals surface area (Å²) < 4.78 is 59.7. The minimum Gasteiger partial charge on any atom is -0.478 e. The molecule has 0 aliphatic carbocycles. The molecule has 0 saturated heterocycles. The third kappa shape index (κ3) is 3.74. The number of carbonyl (C=O) groups is 1. The molecule has 0 aliphatic heterocycles. The topological polar surface area (TPSA) is 119 Å². The highest BCUT2D eigenvalue weighted by Crippen LogP contribution is 2.30. The van der Waals surface area contributed by atoms with Crippen molar-refractivity contribution in [3.05, 3.63) is 35.6 Å². The molecule has 8 nitrogen and oxygen atoms in total. The number of hydrogen-bond acceptors (Lipinski definition) is 6. The van der Waals surface area contributed by atoms with Crippen molar-refractivity contribution in [1.29, 1.82) is 0 Å². The van der Waals surface area contributed by atoms with E-state index in [4.69, 9.17) is 5.11 Å². The molecule has 0 fully saturated rings. The third-order valence-corrected chi connectivity index (χ3v) is 4.01. The highest BCUT2D eigenvalue weighted by atomic mass is 32.2. The molecule has 124 valence electrons. The van der Waals surface area contributed by atoms with Gasteiger partial charge in [0.05, 0.1) is 10.5 Å². The van der Waals surface area contributed by atoms with E-state index >= 15 is 0 Å². The number of aromatic nitrogens is 1. The first kappa shape index (κ1) is 16.7. The number of benzene rings is 1. The van der Waals surface area contributed by atoms with Crippen molar-refractivity contribution >= 4 is 21.7 Å². The highest BCUT2D eigenvalue weighted by Gasteiger charge is 2.24. The lowest BCUT2D eigenvalue weighted by molar-refractivity contribution is -0.0541. The van der Waals surface area contributed by atoms with Crippen LogP contribution in [-0.4, -0.2) is 31.3 Å². The van der Waals surface area contributed by atoms with Gasteiger partial charge in [0.1, 0.15) is 0 Å². The van der Waals surface area contributed by atoms with Gasteiger partial charge in [0.25, 0.3) is 15.9 Å². The molecule has 0 atom stereocenters. The second kappa shape index (κ2) is 6.20. The standard InChI is InChI=1S/C12H10F2N2O6S/c1-6-9(10(15-22-6)21-12(13)14)16-23(19,20)8-4-2-3-7(5-8)11(17)18/h2-5,12,16H,1H3,(H,17,18). The molecular weight excluding hydrogens is 338 g/mol. The monoisotopic (exact) mass is 348 g/mol. The number of carboxylic acid groups (broad SMARTS) is 1. The summed E-state index contributed by atoms with van der Waals surface area (Å²) in [5.74, 6) is -2.14. The van der Waals surface area contributed by atoms with Gasteiger partial charge in [-0.15, -0.1) is 0 Å². The van der Waals surface area contributed by atoms with Crippen molar-refractivity contribution in [1.82, 2.24) is 5.16 Å². The van der Waals surface area contributed by atoms with Crippen LogP contribution in [0.2, 0.25) is 0 Å². The molecule has 0 amide bonds. The fourth-order valence-corrected chi connectivity index (χ4v) is 2.78. The summed E-state index contributed by atoms with van der Waals surface area (Å²) in [6, 6.07) is 4.50. The Morgan fingerprint density at radius 3 is 2.74 bits per heavy atom. The third-order valence-electron chi connectivity index (χ3n) is 2.66. The second-order valence-corrected chi connectivity index (χ2v) is 5.92. The summed E-state index contributed by atoms with van der Waals surface area (Å²) >= 11 is 0. The Morgan fingerprint density at radius 2 is 2.13 bits per heavy atom. The van der Waals surface area contributed by atoms with Gasteiger partial charge in [-0.25, -0.2) is 13.2 Å². The minimum absolute atomic E-state index is 0.0985. The number of carboxylic acids is 1. The molecule has 1 aromatic carbocycles. The molecule has 1 aromatic heterocycles. The van der Waals surface area contributed by atoms with E-state index in [0.29, 0.717) is 0 Å². The van der Waals surface area contributed by atoms with E-state index in [2.05, 4.69) is 14.4 Å². The van der Waals surface area contributed by atoms with Gasteiger partial charge in [0, 0.05) is 0 Å². The van der Waals surface area contributed by atoms with Gasteiger partial charge in [-0.05, 0) is 30.3 Å². The zero-order valence-electron chi connectivity index (χ0n) is 11.5. The summed E-state index contributed by atoms with van der Waals surface area (Å²) in [7, 11) is -4.26. The molecule has 1 heterocycles. The first-order valence-corrected chi connectivity index (χ1v) is 7.46. The van der Waals surface area contributed by atoms with E-state index in [-0.39, 0.29) is 16.2 Å². The molecule has 11 heteroatoms. The Morgan fingerprint density at radius 1 is 1.43 bits per heavy atom. The van der Waals surface area contributed by atoms with Crippen LogP contribution in [0, 0.1) is 6.92 Å². The van der Waals surface area contributed by atoms with Crippen molar-refractivity contribution in [3.63, 3.8) is 0 Å². The molecule has 23 heavy (non-hydrogen) atoms. The number of aromatic carboxylic acids is 1. The van der Waals surface area contributed by atoms with Crippen LogP contribution < -0.4 is 9.46 Å². The largest absolute Gasteiger partial charge is 0.478 e. The molecule has 0 aliphatic rings. The number of sulfonamides is 1. The molecule has 0 bridgehead atoms. The Kier molecular flexibility index (Phi) is 4.50. The fourth-order valence-electron chi connectivity index (χ4n) is 1.62. The maximum absolute atomic E-state index is 12.3.